The van der Waals surface area contributed by atoms with Crippen molar-refractivity contribution in [1.82, 2.24) is 9.47 Å². The number of carbonyl (C=O) groups is 1. The van der Waals surface area contributed by atoms with Crippen LogP contribution in [0.25, 0.3) is 11.1 Å². The van der Waals surface area contributed by atoms with Crippen LogP contribution in [-0.2, 0) is 33.0 Å². The van der Waals surface area contributed by atoms with Crippen molar-refractivity contribution in [3.05, 3.63) is 58.6 Å². The lowest BCUT2D eigenvalue weighted by Crippen LogP contribution is -2.41. The Kier molecular flexibility index (Phi) is 5.35. The summed E-state index contributed by atoms with van der Waals surface area (Å²) in [6, 6.07) is 10.9. The first-order valence-corrected chi connectivity index (χ1v) is 10.9. The Balaban J connectivity index is 1.47. The highest BCUT2D eigenvalue weighted by Crippen LogP contribution is 2.21. The van der Waals surface area contributed by atoms with Crippen molar-refractivity contribution < 1.29 is 22.4 Å². The van der Waals surface area contributed by atoms with Crippen LogP contribution in [0.2, 0.25) is 0 Å². The first-order valence-electron chi connectivity index (χ1n) is 9.40. The summed E-state index contributed by atoms with van der Waals surface area (Å²) in [5, 5.41) is 0. The van der Waals surface area contributed by atoms with E-state index in [9.17, 15) is 18.0 Å². The third-order valence-electron chi connectivity index (χ3n) is 5.00. The molecule has 1 aliphatic rings. The number of hydrogen-bond donors (Lipinski definition) is 1. The zero-order chi connectivity index (χ0) is 21.3. The number of anilines is 1. The molecule has 0 bridgehead atoms. The van der Waals surface area contributed by atoms with Crippen molar-refractivity contribution in [1.29, 1.82) is 0 Å². The number of rotatable bonds is 5. The molecule has 0 unspecified atom stereocenters. The largest absolute Gasteiger partial charge is 0.419 e. The number of hydrogen-bond acceptors (Lipinski definition) is 6. The zero-order valence-electron chi connectivity index (χ0n) is 16.3. The third-order valence-corrected chi connectivity index (χ3v) is 6.38. The summed E-state index contributed by atoms with van der Waals surface area (Å²) < 4.78 is 39.5. The van der Waals surface area contributed by atoms with E-state index < -0.39 is 15.8 Å². The van der Waals surface area contributed by atoms with Gasteiger partial charge in [-0.25, -0.2) is 13.2 Å². The Bertz CT molecular complexity index is 1240. The van der Waals surface area contributed by atoms with Crippen LogP contribution in [0.15, 0.2) is 56.6 Å². The average Bonchev–Trinajstić information content (AvgIpc) is 3.03. The third kappa shape index (κ3) is 4.10. The summed E-state index contributed by atoms with van der Waals surface area (Å²) in [6.45, 7) is 2.27. The maximum atomic E-state index is 12.7. The van der Waals surface area contributed by atoms with Gasteiger partial charge in [-0.2, -0.15) is 0 Å². The SMILES string of the molecule is Cn1c(=O)oc2ccc(S(=O)(=O)Nc3ccc(CC(=O)N4CCOCC4)cc3)cc21. The summed E-state index contributed by atoms with van der Waals surface area (Å²) in [7, 11) is -2.35. The molecule has 2 aromatic carbocycles. The van der Waals surface area contributed by atoms with E-state index in [4.69, 9.17) is 9.15 Å². The number of oxazole rings is 1. The molecule has 4 rings (SSSR count). The van der Waals surface area contributed by atoms with Gasteiger partial charge in [0.2, 0.25) is 5.91 Å². The highest BCUT2D eigenvalue weighted by atomic mass is 32.2. The van der Waals surface area contributed by atoms with Crippen LogP contribution >= 0.6 is 0 Å². The number of nitrogens with zero attached hydrogens (tertiary/aromatic N) is 2. The van der Waals surface area contributed by atoms with E-state index in [1.165, 1.54) is 29.8 Å². The topological polar surface area (TPSA) is 111 Å². The summed E-state index contributed by atoms with van der Waals surface area (Å²) in [5.41, 5.74) is 1.87. The lowest BCUT2D eigenvalue weighted by atomic mass is 10.1. The Morgan fingerprint density at radius 3 is 2.50 bits per heavy atom. The molecule has 2 heterocycles. The number of morpholine rings is 1. The van der Waals surface area contributed by atoms with E-state index in [1.54, 1.807) is 29.2 Å². The first-order chi connectivity index (χ1) is 14.3. The summed E-state index contributed by atoms with van der Waals surface area (Å²) in [5.74, 6) is -0.541. The van der Waals surface area contributed by atoms with E-state index in [-0.39, 0.29) is 17.2 Å². The van der Waals surface area contributed by atoms with Gasteiger partial charge in [0.15, 0.2) is 5.58 Å². The molecule has 1 N–H and O–H groups in total. The number of ether oxygens (including phenoxy) is 1. The lowest BCUT2D eigenvalue weighted by Gasteiger charge is -2.26. The molecular weight excluding hydrogens is 410 g/mol. The molecule has 30 heavy (non-hydrogen) atoms. The van der Waals surface area contributed by atoms with E-state index >= 15 is 0 Å². The molecular formula is C20H21N3O6S. The number of amides is 1. The molecule has 0 saturated carbocycles. The molecule has 0 radical (unpaired) electrons. The fourth-order valence-corrected chi connectivity index (χ4v) is 4.36. The Morgan fingerprint density at radius 2 is 1.80 bits per heavy atom. The van der Waals surface area contributed by atoms with Crippen molar-refractivity contribution in [2.24, 2.45) is 7.05 Å². The number of aromatic nitrogens is 1. The average molecular weight is 431 g/mol. The molecule has 0 aliphatic carbocycles. The zero-order valence-corrected chi connectivity index (χ0v) is 17.1. The van der Waals surface area contributed by atoms with E-state index in [0.29, 0.717) is 43.1 Å². The molecule has 1 fully saturated rings. The second-order valence-electron chi connectivity index (χ2n) is 7.03. The van der Waals surface area contributed by atoms with Gasteiger partial charge < -0.3 is 14.1 Å². The molecule has 0 atom stereocenters. The van der Waals surface area contributed by atoms with Crippen LogP contribution in [-0.4, -0.2) is 50.1 Å². The molecule has 10 heteroatoms. The van der Waals surface area contributed by atoms with Gasteiger partial charge in [-0.15, -0.1) is 0 Å². The Labute approximate surface area is 172 Å². The maximum Gasteiger partial charge on any atom is 0.419 e. The molecule has 1 saturated heterocycles. The lowest BCUT2D eigenvalue weighted by molar-refractivity contribution is -0.134. The fourth-order valence-electron chi connectivity index (χ4n) is 3.28. The second kappa shape index (κ2) is 7.96. The van der Waals surface area contributed by atoms with Gasteiger partial charge >= 0.3 is 5.76 Å². The van der Waals surface area contributed by atoms with E-state index in [2.05, 4.69) is 4.72 Å². The Morgan fingerprint density at radius 1 is 1.10 bits per heavy atom. The van der Waals surface area contributed by atoms with E-state index in [1.807, 2.05) is 0 Å². The monoisotopic (exact) mass is 431 g/mol. The van der Waals surface area contributed by atoms with Gasteiger partial charge in [0.1, 0.15) is 0 Å². The predicted molar refractivity (Wildman–Crippen MR) is 110 cm³/mol. The van der Waals surface area contributed by atoms with Crippen LogP contribution in [0, 0.1) is 0 Å². The van der Waals surface area contributed by atoms with Crippen molar-refractivity contribution >= 4 is 32.7 Å². The van der Waals surface area contributed by atoms with Crippen molar-refractivity contribution in [2.45, 2.75) is 11.3 Å². The van der Waals surface area contributed by atoms with Crippen LogP contribution in [0.1, 0.15) is 5.56 Å². The minimum Gasteiger partial charge on any atom is -0.408 e. The molecule has 1 amide bonds. The highest BCUT2D eigenvalue weighted by molar-refractivity contribution is 7.92. The molecule has 3 aromatic rings. The fraction of sp³-hybridized carbons (Fsp3) is 0.300. The van der Waals surface area contributed by atoms with Gasteiger partial charge in [-0.05, 0) is 35.9 Å². The van der Waals surface area contributed by atoms with Crippen LogP contribution in [0.3, 0.4) is 0 Å². The summed E-state index contributed by atoms with van der Waals surface area (Å²) in [4.78, 5) is 25.7. The van der Waals surface area contributed by atoms with Crippen molar-refractivity contribution in [3.8, 4) is 0 Å². The number of benzene rings is 2. The van der Waals surface area contributed by atoms with E-state index in [0.717, 1.165) is 5.56 Å². The van der Waals surface area contributed by atoms with Crippen LogP contribution in [0.5, 0.6) is 0 Å². The summed E-state index contributed by atoms with van der Waals surface area (Å²) in [6.07, 6.45) is 0.248. The number of sulfonamides is 1. The second-order valence-corrected chi connectivity index (χ2v) is 8.71. The van der Waals surface area contributed by atoms with Crippen LogP contribution < -0.4 is 10.5 Å². The molecule has 158 valence electrons. The van der Waals surface area contributed by atoms with Gasteiger partial charge in [0.05, 0.1) is 30.0 Å². The van der Waals surface area contributed by atoms with Gasteiger partial charge in [-0.1, -0.05) is 12.1 Å². The number of fused-ring (bicyclic) bond motifs is 1. The number of aryl methyl sites for hydroxylation is 1. The molecule has 9 nitrogen and oxygen atoms in total. The maximum absolute atomic E-state index is 12.7. The first kappa shape index (κ1) is 20.2. The normalized spacial score (nSPS) is 14.8. The summed E-state index contributed by atoms with van der Waals surface area (Å²) >= 11 is 0. The van der Waals surface area contributed by atoms with Gasteiger partial charge in [0, 0.05) is 25.8 Å². The molecule has 0 spiro atoms. The molecule has 1 aliphatic heterocycles. The predicted octanol–water partition coefficient (Wildman–Crippen LogP) is 1.33. The quantitative estimate of drug-likeness (QED) is 0.653. The molecule has 1 aromatic heterocycles. The smallest absolute Gasteiger partial charge is 0.408 e. The van der Waals surface area contributed by atoms with Crippen LogP contribution in [0.4, 0.5) is 5.69 Å². The van der Waals surface area contributed by atoms with Gasteiger partial charge in [0.25, 0.3) is 10.0 Å². The number of nitrogens with one attached hydrogen (secondary N) is 1. The standard InChI is InChI=1S/C20H21N3O6S/c1-22-17-13-16(6-7-18(17)29-20(22)25)30(26,27)21-15-4-2-14(3-5-15)12-19(24)23-8-10-28-11-9-23/h2-7,13,21H,8-12H2,1H3. The van der Waals surface area contributed by atoms with Crippen molar-refractivity contribution in [2.75, 3.05) is 31.0 Å². The number of carbonyl (C=O) groups excluding carboxylic acids is 1. The van der Waals surface area contributed by atoms with Gasteiger partial charge in [-0.3, -0.25) is 14.1 Å². The minimum atomic E-state index is -3.86. The van der Waals surface area contributed by atoms with Crippen molar-refractivity contribution in [3.63, 3.8) is 0 Å². The highest BCUT2D eigenvalue weighted by Gasteiger charge is 2.19. The minimum absolute atomic E-state index is 0.0120. The Hall–Kier alpha value is -3.11.